The molecule has 2 heterocycles. The number of para-hydroxylation sites is 1. The third-order valence-electron chi connectivity index (χ3n) is 6.27. The predicted molar refractivity (Wildman–Crippen MR) is 151 cm³/mol. The molecule has 0 spiro atoms. The first-order valence-corrected chi connectivity index (χ1v) is 15.0. The fourth-order valence-electron chi connectivity index (χ4n) is 4.31. The van der Waals surface area contributed by atoms with Crippen molar-refractivity contribution in [3.63, 3.8) is 0 Å². The van der Waals surface area contributed by atoms with Crippen molar-refractivity contribution in [2.45, 2.75) is 12.8 Å². The Morgan fingerprint density at radius 3 is 2.59 bits per heavy atom. The molecule has 12 heteroatoms. The molecular weight excluding hydrogens is 513 g/mol. The van der Waals surface area contributed by atoms with Gasteiger partial charge in [-0.15, -0.1) is 0 Å². The number of anilines is 5. The van der Waals surface area contributed by atoms with Crippen LogP contribution in [0.5, 0.6) is 0 Å². The van der Waals surface area contributed by atoms with Crippen LogP contribution in [0.4, 0.5) is 34.5 Å². The Kier molecular flexibility index (Phi) is 8.32. The number of hydrogen-bond acceptors (Lipinski definition) is 9. The van der Waals surface area contributed by atoms with Gasteiger partial charge in [0.1, 0.15) is 17.9 Å². The summed E-state index contributed by atoms with van der Waals surface area (Å²) in [7, 11) is -0.679. The molecule has 1 saturated heterocycles. The Bertz CT molecular complexity index is 1330. The number of halogens is 1. The number of aromatic nitrogens is 2. The number of hydrogen-bond donors (Lipinski definition) is 2. The molecule has 0 bridgehead atoms. The Morgan fingerprint density at radius 1 is 1.16 bits per heavy atom. The number of nitro benzene ring substituents is 1. The van der Waals surface area contributed by atoms with Crippen molar-refractivity contribution in [3.05, 3.63) is 63.8 Å². The molecule has 0 saturated carbocycles. The molecule has 0 radical (unpaired) electrons. The highest BCUT2D eigenvalue weighted by atomic mass is 35.5. The molecule has 3 aromatic rings. The molecule has 37 heavy (non-hydrogen) atoms. The number of nitrogens with one attached hydrogen (secondary N) is 2. The van der Waals surface area contributed by atoms with Crippen molar-refractivity contribution in [2.24, 2.45) is 0 Å². The van der Waals surface area contributed by atoms with Gasteiger partial charge in [0.05, 0.1) is 16.8 Å². The monoisotopic (exact) mass is 543 g/mol. The standard InChI is InChI=1S/C25H31ClN7O3P/c1-31(14-15-32-12-6-7-13-32)21-11-10-18(16-22(21)33(34)35)28-25-27-17-19(26)24(30-25)29-20-8-4-5-9-23(20)37(2,3)36/h4-5,8-11,16-17H,6-7,12-15H2,1-3H3,(H2,27,28,29,30). The van der Waals surface area contributed by atoms with E-state index in [-0.39, 0.29) is 21.6 Å². The van der Waals surface area contributed by atoms with Gasteiger partial charge in [-0.05, 0) is 63.5 Å². The van der Waals surface area contributed by atoms with Crippen LogP contribution in [0.15, 0.2) is 48.7 Å². The number of nitrogens with zero attached hydrogens (tertiary/aromatic N) is 5. The Balaban J connectivity index is 1.53. The third kappa shape index (κ3) is 6.77. The number of likely N-dealkylation sites (tertiary alicyclic amines) is 1. The van der Waals surface area contributed by atoms with Gasteiger partial charge in [0.25, 0.3) is 5.69 Å². The van der Waals surface area contributed by atoms with Crippen LogP contribution in [0.25, 0.3) is 0 Å². The van der Waals surface area contributed by atoms with Crippen LogP contribution in [0, 0.1) is 10.1 Å². The zero-order valence-corrected chi connectivity index (χ0v) is 22.8. The van der Waals surface area contributed by atoms with Crippen molar-refractivity contribution < 1.29 is 9.49 Å². The molecule has 1 aliphatic rings. The highest BCUT2D eigenvalue weighted by Crippen LogP contribution is 2.39. The van der Waals surface area contributed by atoms with Gasteiger partial charge in [0.2, 0.25) is 5.95 Å². The average Bonchev–Trinajstić information content (AvgIpc) is 3.38. The van der Waals surface area contributed by atoms with Crippen LogP contribution in [-0.4, -0.2) is 66.3 Å². The molecule has 1 aromatic heterocycles. The minimum absolute atomic E-state index is 0.00296. The van der Waals surface area contributed by atoms with Gasteiger partial charge in [0, 0.05) is 37.2 Å². The molecule has 1 aliphatic heterocycles. The maximum atomic E-state index is 12.7. The quantitative estimate of drug-likeness (QED) is 0.199. The van der Waals surface area contributed by atoms with E-state index in [0.717, 1.165) is 19.6 Å². The maximum absolute atomic E-state index is 12.7. The molecular formula is C25H31ClN7O3P. The zero-order chi connectivity index (χ0) is 26.6. The lowest BCUT2D eigenvalue weighted by Gasteiger charge is -2.23. The number of likely N-dealkylation sites (N-methyl/N-ethyl adjacent to an activating group) is 1. The van der Waals surface area contributed by atoms with E-state index in [2.05, 4.69) is 25.5 Å². The topological polar surface area (TPSA) is 117 Å². The molecule has 0 aliphatic carbocycles. The second kappa shape index (κ2) is 11.5. The van der Waals surface area contributed by atoms with E-state index in [1.807, 2.05) is 30.1 Å². The Labute approximate surface area is 221 Å². The lowest BCUT2D eigenvalue weighted by molar-refractivity contribution is -0.384. The molecule has 0 amide bonds. The fourth-order valence-corrected chi connectivity index (χ4v) is 5.60. The molecule has 1 fully saturated rings. The summed E-state index contributed by atoms with van der Waals surface area (Å²) in [6.45, 7) is 7.13. The highest BCUT2D eigenvalue weighted by Gasteiger charge is 2.21. The van der Waals surface area contributed by atoms with Gasteiger partial charge in [-0.1, -0.05) is 23.7 Å². The highest BCUT2D eigenvalue weighted by molar-refractivity contribution is 7.70. The van der Waals surface area contributed by atoms with E-state index in [4.69, 9.17) is 11.6 Å². The summed E-state index contributed by atoms with van der Waals surface area (Å²) in [4.78, 5) is 24.4. The number of benzene rings is 2. The molecule has 2 N–H and O–H groups in total. The first-order chi connectivity index (χ1) is 17.6. The van der Waals surface area contributed by atoms with Crippen LogP contribution in [-0.2, 0) is 4.57 Å². The zero-order valence-electron chi connectivity index (χ0n) is 21.1. The van der Waals surface area contributed by atoms with Crippen LogP contribution < -0.4 is 20.8 Å². The molecule has 4 rings (SSSR count). The summed E-state index contributed by atoms with van der Waals surface area (Å²) >= 11 is 6.33. The minimum Gasteiger partial charge on any atom is -0.368 e. The van der Waals surface area contributed by atoms with E-state index in [9.17, 15) is 14.7 Å². The van der Waals surface area contributed by atoms with Gasteiger partial charge >= 0.3 is 0 Å². The van der Waals surface area contributed by atoms with Crippen molar-refractivity contribution in [1.29, 1.82) is 0 Å². The Hall–Kier alpha value is -3.20. The van der Waals surface area contributed by atoms with E-state index < -0.39 is 7.14 Å². The van der Waals surface area contributed by atoms with Crippen molar-refractivity contribution >= 4 is 58.6 Å². The smallest absolute Gasteiger partial charge is 0.294 e. The van der Waals surface area contributed by atoms with Gasteiger partial charge in [-0.2, -0.15) is 4.98 Å². The van der Waals surface area contributed by atoms with Gasteiger partial charge in [-0.25, -0.2) is 4.98 Å². The fraction of sp³-hybridized carbons (Fsp3) is 0.360. The summed E-state index contributed by atoms with van der Waals surface area (Å²) in [5.74, 6) is 0.540. The number of rotatable bonds is 10. The SMILES string of the molecule is CN(CCN1CCCC1)c1ccc(Nc2ncc(Cl)c(Nc3ccccc3P(C)(C)=O)n2)cc1[N+](=O)[O-]. The van der Waals surface area contributed by atoms with Crippen LogP contribution in [0.3, 0.4) is 0 Å². The normalized spacial score (nSPS) is 13.9. The van der Waals surface area contributed by atoms with Crippen molar-refractivity contribution in [2.75, 3.05) is 62.1 Å². The first-order valence-electron chi connectivity index (χ1n) is 12.0. The van der Waals surface area contributed by atoms with E-state index in [1.54, 1.807) is 31.5 Å². The second-order valence-corrected chi connectivity index (χ2v) is 13.0. The largest absolute Gasteiger partial charge is 0.368 e. The summed E-state index contributed by atoms with van der Waals surface area (Å²) in [5, 5.41) is 19.0. The van der Waals surface area contributed by atoms with E-state index >= 15 is 0 Å². The lowest BCUT2D eigenvalue weighted by atomic mass is 10.2. The van der Waals surface area contributed by atoms with Gasteiger partial charge < -0.3 is 25.0 Å². The summed E-state index contributed by atoms with van der Waals surface area (Å²) < 4.78 is 12.7. The Morgan fingerprint density at radius 2 is 1.89 bits per heavy atom. The van der Waals surface area contributed by atoms with E-state index in [1.165, 1.54) is 25.1 Å². The summed E-state index contributed by atoms with van der Waals surface area (Å²) in [6.07, 6.45) is 3.85. The third-order valence-corrected chi connectivity index (χ3v) is 8.10. The molecule has 196 valence electrons. The average molecular weight is 544 g/mol. The van der Waals surface area contributed by atoms with Crippen LogP contribution in [0.1, 0.15) is 12.8 Å². The van der Waals surface area contributed by atoms with Crippen LogP contribution in [0.2, 0.25) is 5.02 Å². The minimum atomic E-state index is -2.55. The van der Waals surface area contributed by atoms with Gasteiger partial charge in [-0.3, -0.25) is 10.1 Å². The second-order valence-electron chi connectivity index (χ2n) is 9.44. The molecule has 10 nitrogen and oxygen atoms in total. The lowest BCUT2D eigenvalue weighted by Crippen LogP contribution is -2.31. The van der Waals surface area contributed by atoms with Crippen molar-refractivity contribution in [3.8, 4) is 0 Å². The molecule has 0 unspecified atom stereocenters. The van der Waals surface area contributed by atoms with Crippen molar-refractivity contribution in [1.82, 2.24) is 14.9 Å². The predicted octanol–water partition coefficient (Wildman–Crippen LogP) is 5.31. The first kappa shape index (κ1) is 26.9. The summed E-state index contributed by atoms with van der Waals surface area (Å²) in [6, 6.07) is 12.2. The molecule has 0 atom stereocenters. The number of nitro groups is 1. The van der Waals surface area contributed by atoms with E-state index in [0.29, 0.717) is 34.7 Å². The summed E-state index contributed by atoms with van der Waals surface area (Å²) in [5.41, 5.74) is 1.66. The van der Waals surface area contributed by atoms with Gasteiger partial charge in [0.15, 0.2) is 5.82 Å². The van der Waals surface area contributed by atoms with Crippen LogP contribution >= 0.6 is 18.7 Å². The maximum Gasteiger partial charge on any atom is 0.294 e. The molecule has 2 aromatic carbocycles.